The Hall–Kier alpha value is -2.56. The molecule has 21 heavy (non-hydrogen) atoms. The zero-order chi connectivity index (χ0) is 14.8. The fourth-order valence-electron chi connectivity index (χ4n) is 2.58. The number of fused-ring (bicyclic) bond motifs is 1. The number of carbonyl (C=O) groups is 1. The second kappa shape index (κ2) is 5.44. The van der Waals surface area contributed by atoms with E-state index >= 15 is 0 Å². The molecule has 0 saturated heterocycles. The van der Waals surface area contributed by atoms with E-state index in [1.165, 1.54) is 11.1 Å². The van der Waals surface area contributed by atoms with Gasteiger partial charge in [-0.2, -0.15) is 0 Å². The molecule has 1 aliphatic heterocycles. The first kappa shape index (κ1) is 13.4. The first-order valence-corrected chi connectivity index (χ1v) is 6.93. The summed E-state index contributed by atoms with van der Waals surface area (Å²) in [5.41, 5.74) is 9.47. The van der Waals surface area contributed by atoms with Crippen molar-refractivity contribution >= 4 is 17.5 Å². The first-order chi connectivity index (χ1) is 10.2. The number of rotatable bonds is 3. The van der Waals surface area contributed by atoms with Crippen LogP contribution < -0.4 is 10.6 Å². The summed E-state index contributed by atoms with van der Waals surface area (Å²) in [6.07, 6.45) is 1.69. The molecule has 0 aliphatic carbocycles. The van der Waals surface area contributed by atoms with Gasteiger partial charge in [-0.05, 0) is 42.3 Å². The van der Waals surface area contributed by atoms with Crippen LogP contribution >= 0.6 is 0 Å². The highest BCUT2D eigenvalue weighted by molar-refractivity contribution is 5.94. The number of anilines is 2. The number of esters is 1. The van der Waals surface area contributed by atoms with Crippen LogP contribution in [0.15, 0.2) is 36.5 Å². The predicted octanol–water partition coefficient (Wildman–Crippen LogP) is 2.36. The van der Waals surface area contributed by atoms with Gasteiger partial charge in [0.25, 0.3) is 0 Å². The molecule has 0 spiro atoms. The average Bonchev–Trinajstić information content (AvgIpc) is 2.90. The number of nitrogens with zero attached hydrogens (tertiary/aromatic N) is 2. The normalized spacial score (nSPS) is 13.1. The highest BCUT2D eigenvalue weighted by Gasteiger charge is 2.24. The minimum absolute atomic E-state index is 0.337. The molecule has 1 aromatic heterocycles. The topological polar surface area (TPSA) is 68.5 Å². The van der Waals surface area contributed by atoms with Crippen molar-refractivity contribution in [2.45, 2.75) is 20.0 Å². The summed E-state index contributed by atoms with van der Waals surface area (Å²) in [5, 5.41) is 0. The van der Waals surface area contributed by atoms with E-state index < -0.39 is 0 Å². The summed E-state index contributed by atoms with van der Waals surface area (Å²) in [4.78, 5) is 18.5. The molecule has 2 heterocycles. The van der Waals surface area contributed by atoms with Gasteiger partial charge in [0.15, 0.2) is 0 Å². The maximum absolute atomic E-state index is 12.0. The standard InChI is InChI=1S/C16H17N3O2/c1-2-21-16(20)14-4-3-7-18-15(14)19-9-11-5-6-13(17)8-12(11)10-19/h3-8H,2,9-10,17H2,1H3. The van der Waals surface area contributed by atoms with Crippen LogP contribution in [0.5, 0.6) is 0 Å². The molecule has 0 saturated carbocycles. The van der Waals surface area contributed by atoms with E-state index in [4.69, 9.17) is 10.5 Å². The molecule has 3 rings (SSSR count). The van der Waals surface area contributed by atoms with Crippen molar-refractivity contribution in [2.24, 2.45) is 0 Å². The van der Waals surface area contributed by atoms with Crippen molar-refractivity contribution in [3.8, 4) is 0 Å². The number of aromatic nitrogens is 1. The van der Waals surface area contributed by atoms with Crippen LogP contribution in [-0.4, -0.2) is 17.6 Å². The number of benzene rings is 1. The van der Waals surface area contributed by atoms with Crippen LogP contribution in [-0.2, 0) is 17.8 Å². The second-order valence-corrected chi connectivity index (χ2v) is 4.98. The van der Waals surface area contributed by atoms with Gasteiger partial charge in [0.2, 0.25) is 0 Å². The zero-order valence-corrected chi connectivity index (χ0v) is 11.9. The summed E-state index contributed by atoms with van der Waals surface area (Å²) in [5.74, 6) is 0.321. The lowest BCUT2D eigenvalue weighted by Gasteiger charge is -2.19. The molecule has 5 heteroatoms. The zero-order valence-electron chi connectivity index (χ0n) is 11.9. The number of nitrogen functional groups attached to an aromatic ring is 1. The molecule has 0 radical (unpaired) electrons. The van der Waals surface area contributed by atoms with Gasteiger partial charge in [-0.25, -0.2) is 9.78 Å². The number of ether oxygens (including phenoxy) is 1. The molecule has 5 nitrogen and oxygen atoms in total. The Labute approximate surface area is 123 Å². The van der Waals surface area contributed by atoms with Gasteiger partial charge in [0.1, 0.15) is 11.4 Å². The highest BCUT2D eigenvalue weighted by atomic mass is 16.5. The predicted molar refractivity (Wildman–Crippen MR) is 80.9 cm³/mol. The molecule has 108 valence electrons. The van der Waals surface area contributed by atoms with Crippen LogP contribution in [0.25, 0.3) is 0 Å². The summed E-state index contributed by atoms with van der Waals surface area (Å²) < 4.78 is 5.10. The van der Waals surface area contributed by atoms with E-state index in [2.05, 4.69) is 9.88 Å². The Morgan fingerprint density at radius 2 is 2.14 bits per heavy atom. The van der Waals surface area contributed by atoms with Crippen molar-refractivity contribution in [1.29, 1.82) is 0 Å². The molecule has 1 aliphatic rings. The minimum atomic E-state index is -0.337. The SMILES string of the molecule is CCOC(=O)c1cccnc1N1Cc2ccc(N)cc2C1. The Morgan fingerprint density at radius 1 is 1.33 bits per heavy atom. The van der Waals surface area contributed by atoms with E-state index in [1.54, 1.807) is 25.3 Å². The van der Waals surface area contributed by atoms with Crippen molar-refractivity contribution in [3.63, 3.8) is 0 Å². The van der Waals surface area contributed by atoms with Crippen LogP contribution in [0.2, 0.25) is 0 Å². The summed E-state index contributed by atoms with van der Waals surface area (Å²) in [7, 11) is 0. The highest BCUT2D eigenvalue weighted by Crippen LogP contribution is 2.30. The quantitative estimate of drug-likeness (QED) is 0.692. The molecule has 2 aromatic rings. The number of pyridine rings is 1. The Morgan fingerprint density at radius 3 is 2.95 bits per heavy atom. The van der Waals surface area contributed by atoms with E-state index in [1.807, 2.05) is 18.2 Å². The molecule has 0 amide bonds. The van der Waals surface area contributed by atoms with E-state index in [0.29, 0.717) is 24.5 Å². The third kappa shape index (κ3) is 2.54. The Kier molecular flexibility index (Phi) is 3.48. The molecule has 0 bridgehead atoms. The Balaban J connectivity index is 1.91. The maximum atomic E-state index is 12.0. The van der Waals surface area contributed by atoms with Gasteiger partial charge >= 0.3 is 5.97 Å². The lowest BCUT2D eigenvalue weighted by molar-refractivity contribution is 0.0526. The average molecular weight is 283 g/mol. The van der Waals surface area contributed by atoms with Crippen molar-refractivity contribution in [3.05, 3.63) is 53.2 Å². The van der Waals surface area contributed by atoms with E-state index in [9.17, 15) is 4.79 Å². The molecule has 1 aromatic carbocycles. The second-order valence-electron chi connectivity index (χ2n) is 4.98. The summed E-state index contributed by atoms with van der Waals surface area (Å²) in [6, 6.07) is 9.39. The fraction of sp³-hybridized carbons (Fsp3) is 0.250. The van der Waals surface area contributed by atoms with Crippen LogP contribution in [0.4, 0.5) is 11.5 Å². The number of hydrogen-bond donors (Lipinski definition) is 1. The molecular weight excluding hydrogens is 266 g/mol. The van der Waals surface area contributed by atoms with Crippen LogP contribution in [0, 0.1) is 0 Å². The lowest BCUT2D eigenvalue weighted by atomic mass is 10.1. The van der Waals surface area contributed by atoms with Crippen molar-refractivity contribution < 1.29 is 9.53 Å². The first-order valence-electron chi connectivity index (χ1n) is 6.93. The van der Waals surface area contributed by atoms with Gasteiger partial charge in [-0.15, -0.1) is 0 Å². The minimum Gasteiger partial charge on any atom is -0.462 e. The molecule has 2 N–H and O–H groups in total. The molecule has 0 unspecified atom stereocenters. The summed E-state index contributed by atoms with van der Waals surface area (Å²) in [6.45, 7) is 3.56. The molecule has 0 atom stereocenters. The van der Waals surface area contributed by atoms with Gasteiger partial charge < -0.3 is 15.4 Å². The van der Waals surface area contributed by atoms with Gasteiger partial charge in [-0.1, -0.05) is 6.07 Å². The lowest BCUT2D eigenvalue weighted by Crippen LogP contribution is -2.20. The number of hydrogen-bond acceptors (Lipinski definition) is 5. The van der Waals surface area contributed by atoms with Crippen LogP contribution in [0.1, 0.15) is 28.4 Å². The Bertz CT molecular complexity index is 685. The monoisotopic (exact) mass is 283 g/mol. The summed E-state index contributed by atoms with van der Waals surface area (Å²) >= 11 is 0. The smallest absolute Gasteiger partial charge is 0.341 e. The molecule has 0 fully saturated rings. The largest absolute Gasteiger partial charge is 0.462 e. The number of carbonyl (C=O) groups excluding carboxylic acids is 1. The van der Waals surface area contributed by atoms with Crippen molar-refractivity contribution in [2.75, 3.05) is 17.2 Å². The molecular formula is C16H17N3O2. The fourth-order valence-corrected chi connectivity index (χ4v) is 2.58. The van der Waals surface area contributed by atoms with Gasteiger partial charge in [-0.3, -0.25) is 0 Å². The third-order valence-corrected chi connectivity index (χ3v) is 3.53. The third-order valence-electron chi connectivity index (χ3n) is 3.53. The van der Waals surface area contributed by atoms with Gasteiger partial charge in [0.05, 0.1) is 6.61 Å². The van der Waals surface area contributed by atoms with E-state index in [0.717, 1.165) is 12.2 Å². The van der Waals surface area contributed by atoms with E-state index in [-0.39, 0.29) is 5.97 Å². The number of nitrogens with two attached hydrogens (primary N) is 1. The van der Waals surface area contributed by atoms with Crippen LogP contribution in [0.3, 0.4) is 0 Å². The maximum Gasteiger partial charge on any atom is 0.341 e. The van der Waals surface area contributed by atoms with Gasteiger partial charge in [0, 0.05) is 25.0 Å². The van der Waals surface area contributed by atoms with Crippen molar-refractivity contribution in [1.82, 2.24) is 4.98 Å².